The second-order valence-electron chi connectivity index (χ2n) is 8.24. The molecular formula is C27H22Cl2N3NaO6S. The molecule has 0 aliphatic carbocycles. The molecule has 0 aromatic heterocycles. The van der Waals surface area contributed by atoms with Gasteiger partial charge in [0.25, 0.3) is 16.0 Å². The molecule has 0 saturated heterocycles. The van der Waals surface area contributed by atoms with Crippen LogP contribution in [0.3, 0.4) is 0 Å². The number of nitrogens with one attached hydrogen (secondary N) is 1. The molecule has 0 fully saturated rings. The van der Waals surface area contributed by atoms with Gasteiger partial charge in [-0.2, -0.15) is 13.5 Å². The third-order valence-electron chi connectivity index (χ3n) is 5.80. The maximum atomic E-state index is 13.5. The maximum absolute atomic E-state index is 13.5. The van der Waals surface area contributed by atoms with E-state index in [1.165, 1.54) is 18.2 Å². The molecule has 0 bridgehead atoms. The quantitative estimate of drug-likeness (QED) is 0.175. The number of fused-ring (bicyclic) bond motifs is 1. The van der Waals surface area contributed by atoms with Crippen LogP contribution in [-0.2, 0) is 16.5 Å². The van der Waals surface area contributed by atoms with Crippen LogP contribution >= 0.6 is 23.2 Å². The molecule has 202 valence electrons. The topological polar surface area (TPSA) is 140 Å². The summed E-state index contributed by atoms with van der Waals surface area (Å²) < 4.78 is 38.6. The fourth-order valence-electron chi connectivity index (χ4n) is 3.94. The van der Waals surface area contributed by atoms with Gasteiger partial charge in [-0.15, -0.1) is 5.11 Å². The van der Waals surface area contributed by atoms with Gasteiger partial charge in [0, 0.05) is 10.9 Å². The molecule has 0 spiro atoms. The normalized spacial score (nSPS) is 11.4. The maximum Gasteiger partial charge on any atom is 1.00 e. The number of carbonyl (C=O) groups is 1. The van der Waals surface area contributed by atoms with Crippen molar-refractivity contribution in [3.05, 3.63) is 81.8 Å². The monoisotopic (exact) mass is 609 g/mol. The molecule has 0 heterocycles. The van der Waals surface area contributed by atoms with E-state index < -0.39 is 26.7 Å². The third-order valence-corrected chi connectivity index (χ3v) is 7.49. The summed E-state index contributed by atoms with van der Waals surface area (Å²) in [4.78, 5) is 12.7. The van der Waals surface area contributed by atoms with Crippen LogP contribution in [0.4, 0.5) is 17.1 Å². The van der Waals surface area contributed by atoms with Crippen molar-refractivity contribution >= 4 is 67.1 Å². The number of hydrogen-bond acceptors (Lipinski definition) is 7. The van der Waals surface area contributed by atoms with Crippen LogP contribution in [0.2, 0.25) is 10.0 Å². The van der Waals surface area contributed by atoms with Gasteiger partial charge in [0.2, 0.25) is 0 Å². The Morgan fingerprint density at radius 1 is 1.02 bits per heavy atom. The van der Waals surface area contributed by atoms with Crippen LogP contribution in [-0.4, -0.2) is 25.5 Å². The zero-order chi connectivity index (χ0) is 28.3. The Kier molecular flexibility index (Phi) is 10.6. The first kappa shape index (κ1) is 31.8. The number of rotatable bonds is 8. The van der Waals surface area contributed by atoms with Gasteiger partial charge in [-0.3, -0.25) is 9.35 Å². The number of ether oxygens (including phenoxy) is 1. The van der Waals surface area contributed by atoms with Crippen LogP contribution < -0.4 is 44.7 Å². The van der Waals surface area contributed by atoms with Crippen molar-refractivity contribution in [1.82, 2.24) is 0 Å². The van der Waals surface area contributed by atoms with E-state index in [0.29, 0.717) is 34.4 Å². The summed E-state index contributed by atoms with van der Waals surface area (Å²) in [6.45, 7) is 3.87. The van der Waals surface area contributed by atoms with E-state index in [4.69, 9.17) is 27.9 Å². The average Bonchev–Trinajstić information content (AvgIpc) is 2.89. The Morgan fingerprint density at radius 2 is 1.73 bits per heavy atom. The molecule has 0 saturated carbocycles. The van der Waals surface area contributed by atoms with Gasteiger partial charge in [-0.1, -0.05) is 72.3 Å². The summed E-state index contributed by atoms with van der Waals surface area (Å²) in [5.41, 5.74) is 0.439. The number of amides is 1. The molecule has 0 aliphatic heterocycles. The van der Waals surface area contributed by atoms with Gasteiger partial charge in [0.15, 0.2) is 5.75 Å². The first-order chi connectivity index (χ1) is 18.6. The number of nitrogens with zero attached hydrogens (tertiary/aromatic N) is 2. The number of anilines is 1. The van der Waals surface area contributed by atoms with Gasteiger partial charge >= 0.3 is 29.6 Å². The first-order valence-electron chi connectivity index (χ1n) is 11.7. The van der Waals surface area contributed by atoms with E-state index in [0.717, 1.165) is 0 Å². The van der Waals surface area contributed by atoms with Crippen molar-refractivity contribution in [2.24, 2.45) is 10.2 Å². The van der Waals surface area contributed by atoms with E-state index in [2.05, 4.69) is 15.5 Å². The fraction of sp³-hybridized carbons (Fsp3) is 0.148. The molecule has 4 aromatic rings. The van der Waals surface area contributed by atoms with Crippen LogP contribution in [0.1, 0.15) is 29.8 Å². The Balaban J connectivity index is 0.00000441. The van der Waals surface area contributed by atoms with Crippen LogP contribution in [0.5, 0.6) is 11.5 Å². The van der Waals surface area contributed by atoms with Crippen molar-refractivity contribution in [1.29, 1.82) is 0 Å². The predicted molar refractivity (Wildman–Crippen MR) is 149 cm³/mol. The third kappa shape index (κ3) is 6.60. The van der Waals surface area contributed by atoms with Crippen LogP contribution in [0.25, 0.3) is 10.8 Å². The number of azo groups is 1. The molecular weight excluding hydrogens is 588 g/mol. The van der Waals surface area contributed by atoms with E-state index in [9.17, 15) is 22.9 Å². The SMILES string of the molecule is CCOc1c(Cl)cccc1NC(=O)c1cc2ccccc2c(N=Nc2c(CC)ccc(S(=O)(=O)O)c2Cl)c1[O-].[Na+]. The average molecular weight is 610 g/mol. The minimum absolute atomic E-state index is 0. The van der Waals surface area contributed by atoms with E-state index in [-0.39, 0.29) is 63.0 Å². The summed E-state index contributed by atoms with van der Waals surface area (Å²) in [6, 6.07) is 15.7. The van der Waals surface area contributed by atoms with Gasteiger partial charge < -0.3 is 15.2 Å². The number of aryl methyl sites for hydroxylation is 1. The smallest absolute Gasteiger partial charge is 0.870 e. The zero-order valence-electron chi connectivity index (χ0n) is 21.7. The first-order valence-corrected chi connectivity index (χ1v) is 13.9. The molecule has 40 heavy (non-hydrogen) atoms. The van der Waals surface area contributed by atoms with E-state index >= 15 is 0 Å². The standard InChI is InChI=1S/C27H23Cl2N3O6S.Na/c1-3-15-12-13-21(39(35,36)37)22(29)23(15)31-32-24-17-9-6-5-8-16(17)14-18(25(24)33)27(34)30-20-11-7-10-19(28)26(20)38-4-2;/h5-14,33H,3-4H2,1-2H3,(H,30,34)(H,35,36,37);/q;+1/p-1. The summed E-state index contributed by atoms with van der Waals surface area (Å²) in [5, 5.41) is 25.4. The number of para-hydroxylation sites is 1. The Morgan fingerprint density at radius 3 is 2.40 bits per heavy atom. The Labute approximate surface area is 263 Å². The molecule has 0 aliphatic rings. The summed E-state index contributed by atoms with van der Waals surface area (Å²) >= 11 is 12.5. The summed E-state index contributed by atoms with van der Waals surface area (Å²) in [6.07, 6.45) is 0.412. The van der Waals surface area contributed by atoms with E-state index in [1.807, 2.05) is 0 Å². The Bertz CT molecular complexity index is 1730. The minimum Gasteiger partial charge on any atom is -0.870 e. The van der Waals surface area contributed by atoms with Crippen molar-refractivity contribution in [2.75, 3.05) is 11.9 Å². The Hall–Kier alpha value is -2.70. The van der Waals surface area contributed by atoms with Crippen LogP contribution in [0, 0.1) is 0 Å². The fourth-order valence-corrected chi connectivity index (χ4v) is 5.25. The molecule has 0 unspecified atom stereocenters. The van der Waals surface area contributed by atoms with Gasteiger partial charge in [0.1, 0.15) is 10.6 Å². The minimum atomic E-state index is -4.63. The molecule has 4 rings (SSSR count). The van der Waals surface area contributed by atoms with Crippen molar-refractivity contribution in [3.63, 3.8) is 0 Å². The van der Waals surface area contributed by atoms with Crippen molar-refractivity contribution < 1.29 is 57.2 Å². The summed E-state index contributed by atoms with van der Waals surface area (Å²) in [7, 11) is -4.63. The molecule has 0 radical (unpaired) electrons. The molecule has 2 N–H and O–H groups in total. The molecule has 4 aromatic carbocycles. The zero-order valence-corrected chi connectivity index (χ0v) is 26.1. The van der Waals surface area contributed by atoms with Crippen LogP contribution in [0.15, 0.2) is 75.8 Å². The van der Waals surface area contributed by atoms with Gasteiger partial charge in [-0.05, 0) is 48.6 Å². The number of carbonyl (C=O) groups excluding carboxylic acids is 1. The molecule has 1 amide bonds. The number of halogens is 2. The van der Waals surface area contributed by atoms with Gasteiger partial charge in [-0.25, -0.2) is 0 Å². The second-order valence-corrected chi connectivity index (χ2v) is 10.4. The predicted octanol–water partition coefficient (Wildman–Crippen LogP) is 4.10. The molecule has 0 atom stereocenters. The molecule has 9 nitrogen and oxygen atoms in total. The second kappa shape index (κ2) is 13.3. The van der Waals surface area contributed by atoms with E-state index in [1.54, 1.807) is 56.3 Å². The van der Waals surface area contributed by atoms with Crippen molar-refractivity contribution in [2.45, 2.75) is 25.2 Å². The molecule has 13 heteroatoms. The number of hydrogen-bond donors (Lipinski definition) is 2. The summed E-state index contributed by atoms with van der Waals surface area (Å²) in [5.74, 6) is -1.16. The number of benzene rings is 4. The van der Waals surface area contributed by atoms with Crippen molar-refractivity contribution in [3.8, 4) is 11.5 Å². The largest absolute Gasteiger partial charge is 1.00 e. The van der Waals surface area contributed by atoms with Gasteiger partial charge in [0.05, 0.1) is 28.0 Å².